The topological polar surface area (TPSA) is 98.0 Å². The molecule has 1 unspecified atom stereocenters. The van der Waals surface area contributed by atoms with Gasteiger partial charge in [0.05, 0.1) is 12.5 Å². The molecule has 5 nitrogen and oxygen atoms in total. The fourth-order valence-corrected chi connectivity index (χ4v) is 3.70. The van der Waals surface area contributed by atoms with Crippen LogP contribution in [0.4, 0.5) is 0 Å². The molecule has 0 aliphatic heterocycles. The Morgan fingerprint density at radius 3 is 2.20 bits per heavy atom. The summed E-state index contributed by atoms with van der Waals surface area (Å²) in [5, 5.41) is 41.5. The molecule has 0 radical (unpaired) electrons. The number of rotatable bonds is 5. The van der Waals surface area contributed by atoms with E-state index in [1.54, 1.807) is 48.5 Å². The standard InChI is InChI=1S/C20H22O5/c1-13-7-9-15(10-8-13)17-19(24,12-21)18(23)20(17,25)16(22)11-14-5-3-2-4-6-14/h2-10,17-18,21,23-25H,11-12H2,1H3/t17?,18-,19-,20+/m0/s1. The van der Waals surface area contributed by atoms with Crippen LogP contribution in [0.1, 0.15) is 22.6 Å². The maximum atomic E-state index is 12.8. The predicted octanol–water partition coefficient (Wildman–Crippen LogP) is 0.719. The number of carbonyl (C=O) groups is 1. The molecule has 0 amide bonds. The van der Waals surface area contributed by atoms with Crippen LogP contribution in [0, 0.1) is 6.92 Å². The summed E-state index contributed by atoms with van der Waals surface area (Å²) in [4.78, 5) is 12.8. The Bertz CT molecular complexity index is 757. The van der Waals surface area contributed by atoms with Gasteiger partial charge in [-0.2, -0.15) is 0 Å². The molecule has 4 atom stereocenters. The van der Waals surface area contributed by atoms with Crippen molar-refractivity contribution in [2.75, 3.05) is 6.61 Å². The number of aliphatic hydroxyl groups is 4. The monoisotopic (exact) mass is 342 g/mol. The number of aliphatic hydroxyl groups excluding tert-OH is 2. The second kappa shape index (κ2) is 6.35. The molecule has 0 heterocycles. The van der Waals surface area contributed by atoms with Gasteiger partial charge in [0.2, 0.25) is 0 Å². The Hall–Kier alpha value is -2.05. The minimum Gasteiger partial charge on any atom is -0.393 e. The molecule has 2 aromatic carbocycles. The van der Waals surface area contributed by atoms with Crippen molar-refractivity contribution < 1.29 is 25.2 Å². The Morgan fingerprint density at radius 1 is 1.04 bits per heavy atom. The van der Waals surface area contributed by atoms with Gasteiger partial charge in [0.25, 0.3) is 0 Å². The summed E-state index contributed by atoms with van der Waals surface area (Å²) in [6.45, 7) is 1.14. The number of benzene rings is 2. The first-order chi connectivity index (χ1) is 11.8. The molecule has 1 aliphatic carbocycles. The number of carbonyl (C=O) groups excluding carboxylic acids is 1. The zero-order valence-corrected chi connectivity index (χ0v) is 14.0. The molecular weight excluding hydrogens is 320 g/mol. The molecular formula is C20H22O5. The highest BCUT2D eigenvalue weighted by atomic mass is 16.4. The van der Waals surface area contributed by atoms with Crippen LogP contribution in [-0.2, 0) is 11.2 Å². The predicted molar refractivity (Wildman–Crippen MR) is 92.1 cm³/mol. The summed E-state index contributed by atoms with van der Waals surface area (Å²) in [6.07, 6.45) is -1.83. The van der Waals surface area contributed by atoms with E-state index < -0.39 is 35.6 Å². The van der Waals surface area contributed by atoms with Gasteiger partial charge in [-0.25, -0.2) is 0 Å². The highest BCUT2D eigenvalue weighted by Crippen LogP contribution is 2.54. The summed E-state index contributed by atoms with van der Waals surface area (Å²) >= 11 is 0. The lowest BCUT2D eigenvalue weighted by molar-refractivity contribution is -0.286. The van der Waals surface area contributed by atoms with E-state index in [0.717, 1.165) is 5.56 Å². The lowest BCUT2D eigenvalue weighted by Gasteiger charge is -2.59. The molecule has 25 heavy (non-hydrogen) atoms. The third kappa shape index (κ3) is 2.69. The van der Waals surface area contributed by atoms with Crippen LogP contribution in [0.25, 0.3) is 0 Å². The Balaban J connectivity index is 1.96. The van der Waals surface area contributed by atoms with Gasteiger partial charge in [0, 0.05) is 6.42 Å². The third-order valence-corrected chi connectivity index (χ3v) is 5.15. The molecule has 0 saturated heterocycles. The fraction of sp³-hybridized carbons (Fsp3) is 0.350. The van der Waals surface area contributed by atoms with Crippen LogP contribution >= 0.6 is 0 Å². The van der Waals surface area contributed by atoms with E-state index in [4.69, 9.17) is 0 Å². The van der Waals surface area contributed by atoms with Crippen LogP contribution in [0.15, 0.2) is 54.6 Å². The van der Waals surface area contributed by atoms with Gasteiger partial charge >= 0.3 is 0 Å². The maximum absolute atomic E-state index is 12.8. The van der Waals surface area contributed by atoms with E-state index in [-0.39, 0.29) is 6.42 Å². The Morgan fingerprint density at radius 2 is 1.64 bits per heavy atom. The van der Waals surface area contributed by atoms with Gasteiger partial charge < -0.3 is 20.4 Å². The first kappa shape index (κ1) is 17.8. The molecule has 4 N–H and O–H groups in total. The third-order valence-electron chi connectivity index (χ3n) is 5.15. The highest BCUT2D eigenvalue weighted by Gasteiger charge is 2.73. The van der Waals surface area contributed by atoms with Gasteiger partial charge in [0.1, 0.15) is 11.7 Å². The Labute approximate surface area is 146 Å². The first-order valence-corrected chi connectivity index (χ1v) is 8.21. The summed E-state index contributed by atoms with van der Waals surface area (Å²) in [6, 6.07) is 15.9. The average molecular weight is 342 g/mol. The summed E-state index contributed by atoms with van der Waals surface area (Å²) in [7, 11) is 0. The van der Waals surface area contributed by atoms with E-state index in [0.29, 0.717) is 11.1 Å². The van der Waals surface area contributed by atoms with Gasteiger partial charge in [0.15, 0.2) is 11.4 Å². The van der Waals surface area contributed by atoms with E-state index in [1.165, 1.54) is 0 Å². The second-order valence-corrected chi connectivity index (χ2v) is 6.81. The van der Waals surface area contributed by atoms with Crippen molar-refractivity contribution in [2.24, 2.45) is 0 Å². The SMILES string of the molecule is Cc1ccc(C2[C@](O)(C(=O)Cc3ccccc3)[C@@H](O)[C@]2(O)CO)cc1. The van der Waals surface area contributed by atoms with Crippen molar-refractivity contribution in [1.82, 2.24) is 0 Å². The van der Waals surface area contributed by atoms with Gasteiger partial charge in [-0.15, -0.1) is 0 Å². The van der Waals surface area contributed by atoms with E-state index in [2.05, 4.69) is 0 Å². The summed E-state index contributed by atoms with van der Waals surface area (Å²) in [5.74, 6) is -1.69. The van der Waals surface area contributed by atoms with Crippen molar-refractivity contribution in [2.45, 2.75) is 36.6 Å². The van der Waals surface area contributed by atoms with Gasteiger partial charge in [-0.3, -0.25) is 4.79 Å². The summed E-state index contributed by atoms with van der Waals surface area (Å²) in [5.41, 5.74) is -1.93. The molecule has 0 bridgehead atoms. The van der Waals surface area contributed by atoms with Crippen molar-refractivity contribution in [3.05, 3.63) is 71.3 Å². The molecule has 1 fully saturated rings. The number of ketones is 1. The normalized spacial score (nSPS) is 31.4. The van der Waals surface area contributed by atoms with Crippen LogP contribution in [0.2, 0.25) is 0 Å². The molecule has 0 aromatic heterocycles. The van der Waals surface area contributed by atoms with Crippen LogP contribution in [0.5, 0.6) is 0 Å². The molecule has 0 spiro atoms. The molecule has 1 saturated carbocycles. The largest absolute Gasteiger partial charge is 0.393 e. The summed E-state index contributed by atoms with van der Waals surface area (Å²) < 4.78 is 0. The van der Waals surface area contributed by atoms with Gasteiger partial charge in [-0.1, -0.05) is 60.2 Å². The van der Waals surface area contributed by atoms with Crippen molar-refractivity contribution in [3.8, 4) is 0 Å². The molecule has 1 aliphatic rings. The Kier molecular flexibility index (Phi) is 4.51. The van der Waals surface area contributed by atoms with Crippen molar-refractivity contribution >= 4 is 5.78 Å². The van der Waals surface area contributed by atoms with Crippen LogP contribution in [0.3, 0.4) is 0 Å². The molecule has 5 heteroatoms. The van der Waals surface area contributed by atoms with Crippen molar-refractivity contribution in [3.63, 3.8) is 0 Å². The number of hydrogen-bond donors (Lipinski definition) is 4. The van der Waals surface area contributed by atoms with Crippen molar-refractivity contribution in [1.29, 1.82) is 0 Å². The first-order valence-electron chi connectivity index (χ1n) is 8.21. The second-order valence-electron chi connectivity index (χ2n) is 6.81. The van der Waals surface area contributed by atoms with E-state index in [9.17, 15) is 25.2 Å². The van der Waals surface area contributed by atoms with Gasteiger partial charge in [-0.05, 0) is 18.1 Å². The quantitative estimate of drug-likeness (QED) is 0.642. The molecule has 3 rings (SSSR count). The molecule has 2 aromatic rings. The minimum absolute atomic E-state index is 0.0712. The van der Waals surface area contributed by atoms with E-state index in [1.807, 2.05) is 13.0 Å². The lowest BCUT2D eigenvalue weighted by Crippen LogP contribution is -2.80. The minimum atomic E-state index is -2.15. The van der Waals surface area contributed by atoms with Crippen LogP contribution in [-0.4, -0.2) is 50.1 Å². The number of hydrogen-bond acceptors (Lipinski definition) is 5. The fourth-order valence-electron chi connectivity index (χ4n) is 3.70. The average Bonchev–Trinajstić information content (AvgIpc) is 2.63. The number of aryl methyl sites for hydroxylation is 1. The zero-order chi connectivity index (χ0) is 18.2. The number of Topliss-reactive ketones (excluding diaryl/α,β-unsaturated/α-hetero) is 1. The highest BCUT2D eigenvalue weighted by molar-refractivity contribution is 5.93. The molecule has 132 valence electrons. The lowest BCUT2D eigenvalue weighted by atomic mass is 9.51. The van der Waals surface area contributed by atoms with E-state index >= 15 is 0 Å². The smallest absolute Gasteiger partial charge is 0.172 e. The van der Waals surface area contributed by atoms with Crippen LogP contribution < -0.4 is 0 Å². The maximum Gasteiger partial charge on any atom is 0.172 e. The zero-order valence-electron chi connectivity index (χ0n) is 14.0.